The van der Waals surface area contributed by atoms with E-state index in [9.17, 15) is 18.0 Å². The number of carbonyl (C=O) groups is 2. The van der Waals surface area contributed by atoms with Gasteiger partial charge >= 0.3 is 5.97 Å². The summed E-state index contributed by atoms with van der Waals surface area (Å²) in [6.45, 7) is 1.06. The minimum atomic E-state index is -3.19. The van der Waals surface area contributed by atoms with E-state index < -0.39 is 22.0 Å². The maximum Gasteiger partial charge on any atom is 0.326 e. The molecule has 1 atom stereocenters. The van der Waals surface area contributed by atoms with Crippen LogP contribution in [0, 0.1) is 0 Å². The fourth-order valence-corrected chi connectivity index (χ4v) is 4.16. The zero-order valence-electron chi connectivity index (χ0n) is 10.6. The van der Waals surface area contributed by atoms with Gasteiger partial charge in [-0.05, 0) is 19.3 Å². The first-order valence-corrected chi connectivity index (χ1v) is 8.03. The highest BCUT2D eigenvalue weighted by Crippen LogP contribution is 2.19. The summed E-state index contributed by atoms with van der Waals surface area (Å²) in [7, 11) is -3.19. The number of rotatable bonds is 4. The first-order valence-electron chi connectivity index (χ1n) is 6.42. The lowest BCUT2D eigenvalue weighted by Crippen LogP contribution is -2.41. The van der Waals surface area contributed by atoms with Crippen molar-refractivity contribution in [3.8, 4) is 0 Å². The third kappa shape index (κ3) is 3.06. The molecule has 7 nitrogen and oxygen atoms in total. The molecule has 8 heteroatoms. The van der Waals surface area contributed by atoms with E-state index in [0.717, 1.165) is 0 Å². The second kappa shape index (κ2) is 5.46. The quantitative estimate of drug-likeness (QED) is 0.752. The van der Waals surface area contributed by atoms with Crippen LogP contribution in [-0.4, -0.2) is 66.0 Å². The zero-order valence-corrected chi connectivity index (χ0v) is 11.4. The van der Waals surface area contributed by atoms with Crippen LogP contribution in [0.1, 0.15) is 25.7 Å². The predicted octanol–water partition coefficient (Wildman–Crippen LogP) is -0.512. The van der Waals surface area contributed by atoms with Crippen molar-refractivity contribution in [2.45, 2.75) is 31.7 Å². The molecule has 1 amide bonds. The molecule has 0 aliphatic carbocycles. The van der Waals surface area contributed by atoms with E-state index in [1.54, 1.807) is 0 Å². The number of carbonyl (C=O) groups excluding carboxylic acids is 1. The van der Waals surface area contributed by atoms with Crippen LogP contribution < -0.4 is 0 Å². The normalized spacial score (nSPS) is 26.7. The average molecular weight is 290 g/mol. The van der Waals surface area contributed by atoms with Crippen molar-refractivity contribution in [1.82, 2.24) is 9.21 Å². The number of nitrogens with zero attached hydrogens (tertiary/aromatic N) is 2. The summed E-state index contributed by atoms with van der Waals surface area (Å²) in [6.07, 6.45) is 1.81. The number of aliphatic carboxylic acids is 1. The SMILES string of the molecule is O=C(O)[C@@H]1CCCN1C(=O)CCN1CCCS1(=O)=O. The molecule has 2 aliphatic heterocycles. The van der Waals surface area contributed by atoms with Crippen LogP contribution in [-0.2, 0) is 19.6 Å². The molecule has 2 fully saturated rings. The third-order valence-corrected chi connectivity index (χ3v) is 5.59. The molecule has 2 heterocycles. The van der Waals surface area contributed by atoms with Crippen molar-refractivity contribution in [2.24, 2.45) is 0 Å². The molecule has 2 rings (SSSR count). The Kier molecular flexibility index (Phi) is 4.10. The standard InChI is InChI=1S/C11H18N2O5S/c14-10(13-6-1-3-9(13)11(15)16)4-7-12-5-2-8-19(12,17)18/h9H,1-8H2,(H,15,16)/t9-/m0/s1. The molecule has 0 aromatic carbocycles. The van der Waals surface area contributed by atoms with Gasteiger partial charge in [-0.25, -0.2) is 17.5 Å². The van der Waals surface area contributed by atoms with E-state index in [1.165, 1.54) is 9.21 Å². The molecular formula is C11H18N2O5S. The van der Waals surface area contributed by atoms with Gasteiger partial charge in [0.25, 0.3) is 0 Å². The van der Waals surface area contributed by atoms with E-state index >= 15 is 0 Å². The van der Waals surface area contributed by atoms with E-state index in [-0.39, 0.29) is 24.6 Å². The molecule has 108 valence electrons. The third-order valence-electron chi connectivity index (χ3n) is 3.64. The first kappa shape index (κ1) is 14.3. The maximum absolute atomic E-state index is 12.0. The van der Waals surface area contributed by atoms with Gasteiger partial charge in [-0.15, -0.1) is 0 Å². The Morgan fingerprint density at radius 1 is 1.21 bits per heavy atom. The largest absolute Gasteiger partial charge is 0.480 e. The van der Waals surface area contributed by atoms with E-state index in [0.29, 0.717) is 32.4 Å². The lowest BCUT2D eigenvalue weighted by Gasteiger charge is -2.22. The number of amides is 1. The molecule has 0 bridgehead atoms. The lowest BCUT2D eigenvalue weighted by molar-refractivity contribution is -0.148. The number of hydrogen-bond acceptors (Lipinski definition) is 4. The van der Waals surface area contributed by atoms with Gasteiger partial charge in [0, 0.05) is 26.1 Å². The predicted molar refractivity (Wildman–Crippen MR) is 67.0 cm³/mol. The Balaban J connectivity index is 1.89. The summed E-state index contributed by atoms with van der Waals surface area (Å²) in [5.74, 6) is -1.12. The summed E-state index contributed by atoms with van der Waals surface area (Å²) < 4.78 is 24.5. The number of carboxylic acid groups (broad SMARTS) is 1. The number of sulfonamides is 1. The molecule has 0 radical (unpaired) electrons. The molecule has 1 N–H and O–H groups in total. The second-order valence-corrected chi connectivity index (χ2v) is 6.99. The molecule has 0 saturated carbocycles. The van der Waals surface area contributed by atoms with E-state index in [4.69, 9.17) is 5.11 Å². The molecule has 19 heavy (non-hydrogen) atoms. The average Bonchev–Trinajstić information content (AvgIpc) is 2.92. The molecule has 2 saturated heterocycles. The summed E-state index contributed by atoms with van der Waals surface area (Å²) in [5.41, 5.74) is 0. The van der Waals surface area contributed by atoms with Crippen molar-refractivity contribution in [1.29, 1.82) is 0 Å². The maximum atomic E-state index is 12.0. The minimum Gasteiger partial charge on any atom is -0.480 e. The topological polar surface area (TPSA) is 95.0 Å². The van der Waals surface area contributed by atoms with Crippen molar-refractivity contribution in [3.05, 3.63) is 0 Å². The minimum absolute atomic E-state index is 0.0585. The Bertz CT molecular complexity index is 475. The summed E-state index contributed by atoms with van der Waals surface area (Å²) in [5, 5.41) is 9.00. The van der Waals surface area contributed by atoms with Crippen molar-refractivity contribution in [2.75, 3.05) is 25.4 Å². The van der Waals surface area contributed by atoms with Crippen LogP contribution >= 0.6 is 0 Å². The van der Waals surface area contributed by atoms with Crippen LogP contribution in [0.3, 0.4) is 0 Å². The van der Waals surface area contributed by atoms with Crippen molar-refractivity contribution in [3.63, 3.8) is 0 Å². The second-order valence-electron chi connectivity index (χ2n) is 4.90. The van der Waals surface area contributed by atoms with Gasteiger partial charge in [0.05, 0.1) is 5.75 Å². The Morgan fingerprint density at radius 2 is 1.95 bits per heavy atom. The summed E-state index contributed by atoms with van der Waals surface area (Å²) in [4.78, 5) is 24.3. The monoisotopic (exact) mass is 290 g/mol. The van der Waals surface area contributed by atoms with Crippen LogP contribution in [0.2, 0.25) is 0 Å². The molecule has 0 aromatic rings. The Hall–Kier alpha value is -1.15. The van der Waals surface area contributed by atoms with Gasteiger partial charge in [0.15, 0.2) is 0 Å². The van der Waals surface area contributed by atoms with Gasteiger partial charge < -0.3 is 10.0 Å². The van der Waals surface area contributed by atoms with Gasteiger partial charge in [-0.3, -0.25) is 4.79 Å². The first-order chi connectivity index (χ1) is 8.92. The zero-order chi connectivity index (χ0) is 14.0. The van der Waals surface area contributed by atoms with Crippen LogP contribution in [0.15, 0.2) is 0 Å². The molecular weight excluding hydrogens is 272 g/mol. The highest BCUT2D eigenvalue weighted by molar-refractivity contribution is 7.89. The van der Waals surface area contributed by atoms with Gasteiger partial charge in [0.1, 0.15) is 6.04 Å². The lowest BCUT2D eigenvalue weighted by atomic mass is 10.2. The van der Waals surface area contributed by atoms with Gasteiger partial charge in [-0.2, -0.15) is 0 Å². The highest BCUT2D eigenvalue weighted by Gasteiger charge is 2.35. The van der Waals surface area contributed by atoms with Crippen LogP contribution in [0.25, 0.3) is 0 Å². The number of hydrogen-bond donors (Lipinski definition) is 1. The van der Waals surface area contributed by atoms with Gasteiger partial charge in [-0.1, -0.05) is 0 Å². The van der Waals surface area contributed by atoms with Gasteiger partial charge in [0.2, 0.25) is 15.9 Å². The number of likely N-dealkylation sites (tertiary alicyclic amines) is 1. The Morgan fingerprint density at radius 3 is 2.53 bits per heavy atom. The molecule has 0 unspecified atom stereocenters. The van der Waals surface area contributed by atoms with Crippen LogP contribution in [0.5, 0.6) is 0 Å². The smallest absolute Gasteiger partial charge is 0.326 e. The number of carboxylic acids is 1. The molecule has 2 aliphatic rings. The van der Waals surface area contributed by atoms with E-state index in [2.05, 4.69) is 0 Å². The molecule has 0 spiro atoms. The fraction of sp³-hybridized carbons (Fsp3) is 0.818. The van der Waals surface area contributed by atoms with Crippen molar-refractivity contribution >= 4 is 21.9 Å². The van der Waals surface area contributed by atoms with Crippen molar-refractivity contribution < 1.29 is 23.1 Å². The molecule has 0 aromatic heterocycles. The Labute approximate surface area is 112 Å². The van der Waals surface area contributed by atoms with E-state index in [1.807, 2.05) is 0 Å². The summed E-state index contributed by atoms with van der Waals surface area (Å²) >= 11 is 0. The fourth-order valence-electron chi connectivity index (χ4n) is 2.63. The van der Waals surface area contributed by atoms with Crippen LogP contribution in [0.4, 0.5) is 0 Å². The highest BCUT2D eigenvalue weighted by atomic mass is 32.2. The summed E-state index contributed by atoms with van der Waals surface area (Å²) in [6, 6.07) is -0.748.